The Kier molecular flexibility index (Phi) is 3.46. The van der Waals surface area contributed by atoms with Crippen LogP contribution in [0.15, 0.2) is 12.3 Å². The Morgan fingerprint density at radius 3 is 2.94 bits per heavy atom. The third kappa shape index (κ3) is 2.95. The zero-order valence-electron chi connectivity index (χ0n) is 9.79. The average Bonchev–Trinajstić information content (AvgIpc) is 2.68. The van der Waals surface area contributed by atoms with E-state index >= 15 is 0 Å². The van der Waals surface area contributed by atoms with Gasteiger partial charge in [-0.3, -0.25) is 0 Å². The number of sulfone groups is 1. The number of carbonyl (C=O) groups is 1. The minimum atomic E-state index is -2.94. The minimum Gasteiger partial charge on any atom is -0.463 e. The fourth-order valence-corrected chi connectivity index (χ4v) is 3.42. The number of methoxy groups -OCH3 is 1. The lowest BCUT2D eigenvalue weighted by atomic mass is 10.2. The van der Waals surface area contributed by atoms with E-state index in [1.165, 1.54) is 13.3 Å². The van der Waals surface area contributed by atoms with E-state index in [0.29, 0.717) is 12.2 Å². The van der Waals surface area contributed by atoms with Crippen molar-refractivity contribution in [2.75, 3.05) is 23.9 Å². The largest absolute Gasteiger partial charge is 0.463 e. The Morgan fingerprint density at radius 2 is 2.33 bits per heavy atom. The molecule has 0 amide bonds. The van der Waals surface area contributed by atoms with Gasteiger partial charge in [0.15, 0.2) is 9.84 Å². The number of aromatic nitrogens is 2. The van der Waals surface area contributed by atoms with Gasteiger partial charge in [-0.25, -0.2) is 23.2 Å². The Morgan fingerprint density at radius 1 is 1.56 bits per heavy atom. The Labute approximate surface area is 105 Å². The smallest absolute Gasteiger partial charge is 0.376 e. The first kappa shape index (κ1) is 12.7. The fourth-order valence-electron chi connectivity index (χ4n) is 1.75. The Hall–Kier alpha value is -1.70. The van der Waals surface area contributed by atoms with Gasteiger partial charge < -0.3 is 10.1 Å². The van der Waals surface area contributed by atoms with E-state index in [-0.39, 0.29) is 23.4 Å². The molecule has 1 aliphatic heterocycles. The van der Waals surface area contributed by atoms with E-state index in [1.54, 1.807) is 6.07 Å². The zero-order chi connectivity index (χ0) is 13.2. The quantitative estimate of drug-likeness (QED) is 0.764. The molecule has 1 N–H and O–H groups in total. The lowest BCUT2D eigenvalue weighted by Crippen LogP contribution is -2.22. The molecule has 0 aliphatic carbocycles. The summed E-state index contributed by atoms with van der Waals surface area (Å²) in [6.07, 6.45) is 1.96. The van der Waals surface area contributed by atoms with Crippen molar-refractivity contribution in [2.45, 2.75) is 12.5 Å². The SMILES string of the molecule is COC(=O)c1nccc(NC2CCS(=O)(=O)C2)n1. The van der Waals surface area contributed by atoms with E-state index in [4.69, 9.17) is 0 Å². The number of anilines is 1. The molecule has 0 saturated carbocycles. The molecule has 1 fully saturated rings. The summed E-state index contributed by atoms with van der Waals surface area (Å²) in [7, 11) is -1.70. The number of nitrogens with zero attached hydrogens (tertiary/aromatic N) is 2. The highest BCUT2D eigenvalue weighted by atomic mass is 32.2. The molecule has 1 atom stereocenters. The molecule has 0 bridgehead atoms. The van der Waals surface area contributed by atoms with Crippen molar-refractivity contribution in [1.82, 2.24) is 9.97 Å². The maximum Gasteiger partial charge on any atom is 0.376 e. The normalized spacial score (nSPS) is 21.5. The minimum absolute atomic E-state index is 0.0524. The molecule has 18 heavy (non-hydrogen) atoms. The Balaban J connectivity index is 2.08. The predicted octanol–water partition coefficient (Wildman–Crippen LogP) is -0.138. The van der Waals surface area contributed by atoms with Crippen LogP contribution in [-0.4, -0.2) is 49.0 Å². The van der Waals surface area contributed by atoms with Gasteiger partial charge >= 0.3 is 5.97 Å². The van der Waals surface area contributed by atoms with Crippen molar-refractivity contribution in [1.29, 1.82) is 0 Å². The topological polar surface area (TPSA) is 98.2 Å². The van der Waals surface area contributed by atoms with Crippen LogP contribution in [0.1, 0.15) is 17.0 Å². The molecule has 1 aromatic rings. The summed E-state index contributed by atoms with van der Waals surface area (Å²) in [4.78, 5) is 19.0. The summed E-state index contributed by atoms with van der Waals surface area (Å²) in [6.45, 7) is 0. The van der Waals surface area contributed by atoms with Crippen LogP contribution in [-0.2, 0) is 14.6 Å². The highest BCUT2D eigenvalue weighted by Crippen LogP contribution is 2.15. The maximum absolute atomic E-state index is 11.3. The van der Waals surface area contributed by atoms with Crippen LogP contribution in [0.4, 0.5) is 5.82 Å². The van der Waals surface area contributed by atoms with Gasteiger partial charge in [0.25, 0.3) is 0 Å². The van der Waals surface area contributed by atoms with Crippen LogP contribution in [0.2, 0.25) is 0 Å². The highest BCUT2D eigenvalue weighted by molar-refractivity contribution is 7.91. The molecule has 7 nitrogen and oxygen atoms in total. The first-order valence-electron chi connectivity index (χ1n) is 5.38. The number of ether oxygens (including phenoxy) is 1. The maximum atomic E-state index is 11.3. The number of carbonyl (C=O) groups excluding carboxylic acids is 1. The van der Waals surface area contributed by atoms with Crippen LogP contribution in [0.5, 0.6) is 0 Å². The van der Waals surface area contributed by atoms with Gasteiger partial charge in [-0.15, -0.1) is 0 Å². The van der Waals surface area contributed by atoms with Crippen LogP contribution in [0.3, 0.4) is 0 Å². The first-order chi connectivity index (χ1) is 8.50. The van der Waals surface area contributed by atoms with Gasteiger partial charge in [-0.05, 0) is 12.5 Å². The van der Waals surface area contributed by atoms with E-state index in [1.807, 2.05) is 0 Å². The second kappa shape index (κ2) is 4.89. The van der Waals surface area contributed by atoms with Crippen molar-refractivity contribution in [3.05, 3.63) is 18.1 Å². The van der Waals surface area contributed by atoms with E-state index in [0.717, 1.165) is 0 Å². The molecular formula is C10H13N3O4S. The van der Waals surface area contributed by atoms with E-state index in [2.05, 4.69) is 20.0 Å². The molecular weight excluding hydrogens is 258 g/mol. The number of rotatable bonds is 3. The lowest BCUT2D eigenvalue weighted by molar-refractivity contribution is 0.0587. The number of esters is 1. The molecule has 1 aromatic heterocycles. The summed E-state index contributed by atoms with van der Waals surface area (Å²) in [6, 6.07) is 1.41. The zero-order valence-corrected chi connectivity index (χ0v) is 10.6. The summed E-state index contributed by atoms with van der Waals surface area (Å²) >= 11 is 0. The first-order valence-corrected chi connectivity index (χ1v) is 7.20. The molecule has 1 saturated heterocycles. The summed E-state index contributed by atoms with van der Waals surface area (Å²) in [5, 5.41) is 2.98. The average molecular weight is 271 g/mol. The van der Waals surface area contributed by atoms with Crippen LogP contribution < -0.4 is 5.32 Å². The van der Waals surface area contributed by atoms with Crippen molar-refractivity contribution >= 4 is 21.6 Å². The number of hydrogen-bond donors (Lipinski definition) is 1. The van der Waals surface area contributed by atoms with E-state index in [9.17, 15) is 13.2 Å². The van der Waals surface area contributed by atoms with Crippen LogP contribution in [0, 0.1) is 0 Å². The fraction of sp³-hybridized carbons (Fsp3) is 0.500. The monoisotopic (exact) mass is 271 g/mol. The van der Waals surface area contributed by atoms with Crippen LogP contribution in [0.25, 0.3) is 0 Å². The van der Waals surface area contributed by atoms with E-state index < -0.39 is 15.8 Å². The summed E-state index contributed by atoms with van der Waals surface area (Å²) in [5.74, 6) is 0.0121. The predicted molar refractivity (Wildman–Crippen MR) is 64.1 cm³/mol. The third-order valence-electron chi connectivity index (χ3n) is 2.61. The molecule has 98 valence electrons. The lowest BCUT2D eigenvalue weighted by Gasteiger charge is -2.11. The summed E-state index contributed by atoms with van der Waals surface area (Å²) < 4.78 is 27.1. The molecule has 8 heteroatoms. The Bertz CT molecular complexity index is 558. The van der Waals surface area contributed by atoms with Crippen molar-refractivity contribution in [3.8, 4) is 0 Å². The van der Waals surface area contributed by atoms with Gasteiger partial charge in [0.05, 0.1) is 18.6 Å². The molecule has 0 aromatic carbocycles. The second-order valence-corrected chi connectivity index (χ2v) is 6.23. The van der Waals surface area contributed by atoms with Gasteiger partial charge in [0.1, 0.15) is 5.82 Å². The van der Waals surface area contributed by atoms with Gasteiger partial charge in [-0.1, -0.05) is 0 Å². The molecule has 1 unspecified atom stereocenters. The van der Waals surface area contributed by atoms with Gasteiger partial charge in [0.2, 0.25) is 5.82 Å². The highest BCUT2D eigenvalue weighted by Gasteiger charge is 2.28. The van der Waals surface area contributed by atoms with Gasteiger partial charge in [0, 0.05) is 12.2 Å². The molecule has 2 rings (SSSR count). The number of nitrogens with one attached hydrogen (secondary N) is 1. The van der Waals surface area contributed by atoms with Crippen LogP contribution >= 0.6 is 0 Å². The van der Waals surface area contributed by atoms with Crippen molar-refractivity contribution in [2.24, 2.45) is 0 Å². The molecule has 1 aliphatic rings. The molecule has 0 spiro atoms. The standard InChI is InChI=1S/C10H13N3O4S/c1-17-10(14)9-11-4-2-8(13-9)12-7-3-5-18(15,16)6-7/h2,4,7H,3,5-6H2,1H3,(H,11,12,13). The number of hydrogen-bond acceptors (Lipinski definition) is 7. The molecule has 2 heterocycles. The third-order valence-corrected chi connectivity index (χ3v) is 4.38. The molecule has 0 radical (unpaired) electrons. The second-order valence-electron chi connectivity index (χ2n) is 4.00. The van der Waals surface area contributed by atoms with Crippen molar-refractivity contribution < 1.29 is 17.9 Å². The van der Waals surface area contributed by atoms with Crippen molar-refractivity contribution in [3.63, 3.8) is 0 Å². The summed E-state index contributed by atoms with van der Waals surface area (Å²) in [5.41, 5.74) is 0. The van der Waals surface area contributed by atoms with Gasteiger partial charge in [-0.2, -0.15) is 0 Å².